The first-order chi connectivity index (χ1) is 14.6. The van der Waals surface area contributed by atoms with Crippen molar-refractivity contribution in [2.45, 2.75) is 6.18 Å². The van der Waals surface area contributed by atoms with Gasteiger partial charge in [-0.2, -0.15) is 13.2 Å². The van der Waals surface area contributed by atoms with Crippen LogP contribution in [0.15, 0.2) is 59.4 Å². The highest BCUT2D eigenvalue weighted by Crippen LogP contribution is 2.45. The topological polar surface area (TPSA) is 93.6 Å². The van der Waals surface area contributed by atoms with Gasteiger partial charge in [0.2, 0.25) is 0 Å². The van der Waals surface area contributed by atoms with Gasteiger partial charge in [0.15, 0.2) is 0 Å². The van der Waals surface area contributed by atoms with Gasteiger partial charge in [-0.05, 0) is 36.4 Å². The lowest BCUT2D eigenvalue weighted by atomic mass is 9.90. The quantitative estimate of drug-likeness (QED) is 0.319. The SMILES string of the molecule is O=c1[nH]c2c(C(F)(F)F)cccc2c(-c2cc(Cl)ccc2O)c1-c1ccc(O)cc1O. The molecule has 31 heavy (non-hydrogen) atoms. The fourth-order valence-corrected chi connectivity index (χ4v) is 3.70. The van der Waals surface area contributed by atoms with E-state index in [0.29, 0.717) is 0 Å². The first-order valence-electron chi connectivity index (χ1n) is 8.85. The molecule has 0 aliphatic carbocycles. The zero-order chi connectivity index (χ0) is 22.5. The van der Waals surface area contributed by atoms with Crippen LogP contribution in [-0.2, 0) is 6.18 Å². The molecule has 0 atom stereocenters. The minimum absolute atomic E-state index is 0.00500. The third-order valence-corrected chi connectivity index (χ3v) is 5.07. The van der Waals surface area contributed by atoms with E-state index in [9.17, 15) is 33.3 Å². The van der Waals surface area contributed by atoms with E-state index >= 15 is 0 Å². The van der Waals surface area contributed by atoms with Crippen LogP contribution in [0.1, 0.15) is 5.56 Å². The second-order valence-electron chi connectivity index (χ2n) is 6.79. The van der Waals surface area contributed by atoms with E-state index in [4.69, 9.17) is 11.6 Å². The molecule has 0 saturated heterocycles. The van der Waals surface area contributed by atoms with Gasteiger partial charge in [-0.3, -0.25) is 4.79 Å². The van der Waals surface area contributed by atoms with Crippen LogP contribution in [0.4, 0.5) is 13.2 Å². The van der Waals surface area contributed by atoms with Crippen molar-refractivity contribution in [1.82, 2.24) is 4.98 Å². The summed E-state index contributed by atoms with van der Waals surface area (Å²) in [4.78, 5) is 15.3. The highest BCUT2D eigenvalue weighted by atomic mass is 35.5. The molecule has 0 aliphatic rings. The summed E-state index contributed by atoms with van der Waals surface area (Å²) in [5.74, 6) is -1.07. The number of hydrogen-bond donors (Lipinski definition) is 4. The lowest BCUT2D eigenvalue weighted by Gasteiger charge is -2.18. The number of rotatable bonds is 2. The number of alkyl halides is 3. The van der Waals surface area contributed by atoms with Crippen molar-refractivity contribution in [1.29, 1.82) is 0 Å². The van der Waals surface area contributed by atoms with Crippen LogP contribution in [0.2, 0.25) is 5.02 Å². The summed E-state index contributed by atoms with van der Waals surface area (Å²) in [5, 5.41) is 30.5. The monoisotopic (exact) mass is 447 g/mol. The minimum atomic E-state index is -4.75. The van der Waals surface area contributed by atoms with Crippen LogP contribution in [-0.4, -0.2) is 20.3 Å². The van der Waals surface area contributed by atoms with Crippen LogP contribution in [0.25, 0.3) is 33.2 Å². The molecular weight excluding hydrogens is 435 g/mol. The van der Waals surface area contributed by atoms with Gasteiger partial charge in [-0.25, -0.2) is 0 Å². The molecule has 1 heterocycles. The maximum Gasteiger partial charge on any atom is 0.418 e. The first kappa shape index (κ1) is 20.6. The Labute approximate surface area is 177 Å². The number of aromatic nitrogens is 1. The Morgan fingerprint density at radius 1 is 0.839 bits per heavy atom. The molecular formula is C22H13ClF3NO4. The highest BCUT2D eigenvalue weighted by Gasteiger charge is 2.34. The fraction of sp³-hybridized carbons (Fsp3) is 0.0455. The lowest BCUT2D eigenvalue weighted by molar-refractivity contribution is -0.136. The molecule has 9 heteroatoms. The number of halogens is 4. The Bertz CT molecular complexity index is 1400. The Kier molecular flexibility index (Phi) is 4.82. The van der Waals surface area contributed by atoms with Crippen molar-refractivity contribution < 1.29 is 28.5 Å². The molecule has 0 bridgehead atoms. The Morgan fingerprint density at radius 3 is 2.26 bits per heavy atom. The number of pyridine rings is 1. The number of phenolic OH excluding ortho intramolecular Hbond substituents is 3. The number of benzene rings is 3. The van der Waals surface area contributed by atoms with Gasteiger partial charge in [-0.1, -0.05) is 23.7 Å². The largest absolute Gasteiger partial charge is 0.508 e. The average Bonchev–Trinajstić information content (AvgIpc) is 2.68. The zero-order valence-electron chi connectivity index (χ0n) is 15.5. The number of fused-ring (bicyclic) bond motifs is 1. The molecule has 4 aromatic rings. The molecule has 0 spiro atoms. The van der Waals surface area contributed by atoms with Crippen molar-refractivity contribution >= 4 is 22.5 Å². The molecule has 4 rings (SSSR count). The maximum atomic E-state index is 13.6. The molecule has 0 fully saturated rings. The van der Waals surface area contributed by atoms with Crippen LogP contribution in [0.3, 0.4) is 0 Å². The summed E-state index contributed by atoms with van der Waals surface area (Å²) in [7, 11) is 0. The summed E-state index contributed by atoms with van der Waals surface area (Å²) in [6.07, 6.45) is -4.75. The number of aromatic amines is 1. The summed E-state index contributed by atoms with van der Waals surface area (Å²) in [5.41, 5.74) is -2.76. The summed E-state index contributed by atoms with van der Waals surface area (Å²) in [6.45, 7) is 0. The maximum absolute atomic E-state index is 13.6. The Hall–Kier alpha value is -3.65. The molecule has 0 radical (unpaired) electrons. The minimum Gasteiger partial charge on any atom is -0.508 e. The lowest BCUT2D eigenvalue weighted by Crippen LogP contribution is -2.15. The van der Waals surface area contributed by atoms with E-state index in [1.165, 1.54) is 42.5 Å². The third-order valence-electron chi connectivity index (χ3n) is 4.83. The van der Waals surface area contributed by atoms with Crippen LogP contribution < -0.4 is 5.56 Å². The molecule has 3 aromatic carbocycles. The van der Waals surface area contributed by atoms with E-state index in [2.05, 4.69) is 4.98 Å². The average molecular weight is 448 g/mol. The van der Waals surface area contributed by atoms with Gasteiger partial charge in [0.1, 0.15) is 17.2 Å². The Morgan fingerprint density at radius 2 is 1.58 bits per heavy atom. The normalized spacial score (nSPS) is 11.7. The summed E-state index contributed by atoms with van der Waals surface area (Å²) < 4.78 is 40.8. The molecule has 0 aliphatic heterocycles. The van der Waals surface area contributed by atoms with Crippen LogP contribution in [0.5, 0.6) is 17.2 Å². The van der Waals surface area contributed by atoms with Crippen LogP contribution in [0, 0.1) is 0 Å². The Balaban J connectivity index is 2.25. The first-order valence-corrected chi connectivity index (χ1v) is 9.23. The number of hydrogen-bond acceptors (Lipinski definition) is 4. The third kappa shape index (κ3) is 3.55. The van der Waals surface area contributed by atoms with E-state index in [0.717, 1.165) is 12.1 Å². The second-order valence-corrected chi connectivity index (χ2v) is 7.23. The van der Waals surface area contributed by atoms with Gasteiger partial charge in [0.25, 0.3) is 5.56 Å². The molecule has 0 saturated carbocycles. The molecule has 0 unspecified atom stereocenters. The van der Waals surface area contributed by atoms with Crippen molar-refractivity contribution in [3.63, 3.8) is 0 Å². The fourth-order valence-electron chi connectivity index (χ4n) is 3.53. The molecule has 5 nitrogen and oxygen atoms in total. The summed E-state index contributed by atoms with van der Waals surface area (Å²) >= 11 is 6.05. The van der Waals surface area contributed by atoms with E-state index < -0.39 is 28.6 Å². The molecule has 0 amide bonds. The van der Waals surface area contributed by atoms with E-state index in [1.807, 2.05) is 0 Å². The number of H-pyrrole nitrogens is 1. The van der Waals surface area contributed by atoms with Crippen molar-refractivity contribution in [3.8, 4) is 39.5 Å². The predicted octanol–water partition coefficient (Wildman–Crippen LogP) is 5.65. The van der Waals surface area contributed by atoms with Gasteiger partial charge in [-0.15, -0.1) is 0 Å². The number of nitrogens with one attached hydrogen (secondary N) is 1. The molecule has 4 N–H and O–H groups in total. The van der Waals surface area contributed by atoms with Gasteiger partial charge < -0.3 is 20.3 Å². The van der Waals surface area contributed by atoms with E-state index in [-0.39, 0.29) is 44.2 Å². The number of phenols is 3. The zero-order valence-corrected chi connectivity index (χ0v) is 16.2. The van der Waals surface area contributed by atoms with Gasteiger partial charge in [0, 0.05) is 33.2 Å². The van der Waals surface area contributed by atoms with Crippen molar-refractivity contribution in [3.05, 3.63) is 75.5 Å². The van der Waals surface area contributed by atoms with Crippen LogP contribution >= 0.6 is 11.6 Å². The standard InChI is InChI=1S/C22H13ClF3NO4/c23-10-4-7-16(29)14(8-10)18-13-2-1-3-15(22(24,25)26)20(13)27-21(31)19(18)12-6-5-11(28)9-17(12)30/h1-9,28-30H,(H,27,31). The van der Waals surface area contributed by atoms with Crippen molar-refractivity contribution in [2.75, 3.05) is 0 Å². The van der Waals surface area contributed by atoms with Crippen molar-refractivity contribution in [2.24, 2.45) is 0 Å². The van der Waals surface area contributed by atoms with Gasteiger partial charge in [0.05, 0.1) is 16.6 Å². The second kappa shape index (κ2) is 7.24. The van der Waals surface area contributed by atoms with E-state index in [1.54, 1.807) is 0 Å². The number of aromatic hydroxyl groups is 3. The summed E-state index contributed by atoms with van der Waals surface area (Å²) in [6, 6.07) is 10.8. The molecule has 158 valence electrons. The molecule has 1 aromatic heterocycles. The smallest absolute Gasteiger partial charge is 0.418 e. The van der Waals surface area contributed by atoms with Gasteiger partial charge >= 0.3 is 6.18 Å². The highest BCUT2D eigenvalue weighted by molar-refractivity contribution is 6.31. The number of para-hydroxylation sites is 1. The predicted molar refractivity (Wildman–Crippen MR) is 110 cm³/mol.